The molecular formula is C12H11N4. The number of hydrogen-bond acceptors (Lipinski definition) is 3. The molecule has 2 N–H and O–H groups in total. The van der Waals surface area contributed by atoms with Gasteiger partial charge in [-0.3, -0.25) is 4.68 Å². The van der Waals surface area contributed by atoms with Gasteiger partial charge in [0.15, 0.2) is 0 Å². The third-order valence-electron chi connectivity index (χ3n) is 2.40. The van der Waals surface area contributed by atoms with Crippen LogP contribution >= 0.6 is 0 Å². The third kappa shape index (κ3) is 1.89. The van der Waals surface area contributed by atoms with Crippen molar-refractivity contribution in [3.05, 3.63) is 54.2 Å². The van der Waals surface area contributed by atoms with Crippen LogP contribution in [0.1, 0.15) is 16.8 Å². The monoisotopic (exact) mass is 211 g/mol. The molecular weight excluding hydrogens is 200 g/mol. The molecule has 2 rings (SSSR count). The minimum absolute atomic E-state index is 0.591. The van der Waals surface area contributed by atoms with Gasteiger partial charge in [0, 0.05) is 0 Å². The van der Waals surface area contributed by atoms with Crippen molar-refractivity contribution in [3.63, 3.8) is 0 Å². The highest BCUT2D eigenvalue weighted by Gasteiger charge is 2.03. The second-order valence-electron chi connectivity index (χ2n) is 3.51. The first kappa shape index (κ1) is 10.2. The number of nitrogen functional groups attached to an aromatic ring is 1. The molecule has 16 heavy (non-hydrogen) atoms. The summed E-state index contributed by atoms with van der Waals surface area (Å²) in [6.07, 6.45) is 1.59. The van der Waals surface area contributed by atoms with E-state index in [1.165, 1.54) is 0 Å². The van der Waals surface area contributed by atoms with E-state index in [-0.39, 0.29) is 0 Å². The second kappa shape index (κ2) is 4.07. The first-order chi connectivity index (χ1) is 7.70. The molecule has 0 bridgehead atoms. The standard InChI is InChI=1S/C12H11N4/c1-9-12(14)7-15-16(9)8-11-4-2-10(6-13)3-5-11/h2-5,7H,1,8,14H2. The van der Waals surface area contributed by atoms with Gasteiger partial charge in [-0.05, 0) is 24.6 Å². The molecule has 0 spiro atoms. The first-order valence-electron chi connectivity index (χ1n) is 4.83. The summed E-state index contributed by atoms with van der Waals surface area (Å²) in [4.78, 5) is 0. The molecule has 1 heterocycles. The molecule has 0 fully saturated rings. The van der Waals surface area contributed by atoms with Crippen LogP contribution in [-0.2, 0) is 6.54 Å². The van der Waals surface area contributed by atoms with E-state index in [1.54, 1.807) is 23.0 Å². The van der Waals surface area contributed by atoms with E-state index in [9.17, 15) is 0 Å². The number of rotatable bonds is 2. The van der Waals surface area contributed by atoms with Crippen molar-refractivity contribution in [1.29, 1.82) is 5.26 Å². The van der Waals surface area contributed by atoms with Crippen LogP contribution in [-0.4, -0.2) is 9.78 Å². The van der Waals surface area contributed by atoms with Gasteiger partial charge < -0.3 is 5.73 Å². The number of aromatic nitrogens is 2. The van der Waals surface area contributed by atoms with Gasteiger partial charge in [-0.15, -0.1) is 0 Å². The van der Waals surface area contributed by atoms with Crippen molar-refractivity contribution in [3.8, 4) is 6.07 Å². The summed E-state index contributed by atoms with van der Waals surface area (Å²) >= 11 is 0. The quantitative estimate of drug-likeness (QED) is 0.819. The van der Waals surface area contributed by atoms with Crippen molar-refractivity contribution in [2.45, 2.75) is 6.54 Å². The molecule has 1 aromatic heterocycles. The van der Waals surface area contributed by atoms with Gasteiger partial charge in [0.2, 0.25) is 0 Å². The maximum absolute atomic E-state index is 8.67. The Balaban J connectivity index is 2.21. The van der Waals surface area contributed by atoms with Crippen molar-refractivity contribution in [2.75, 3.05) is 5.73 Å². The lowest BCUT2D eigenvalue weighted by molar-refractivity contribution is 0.675. The van der Waals surface area contributed by atoms with E-state index in [4.69, 9.17) is 11.0 Å². The number of nitrogens with zero attached hydrogens (tertiary/aromatic N) is 3. The van der Waals surface area contributed by atoms with Crippen LogP contribution in [0, 0.1) is 18.3 Å². The zero-order chi connectivity index (χ0) is 11.5. The van der Waals surface area contributed by atoms with Crippen molar-refractivity contribution < 1.29 is 0 Å². The summed E-state index contributed by atoms with van der Waals surface area (Å²) in [5.74, 6) is 0. The molecule has 1 aromatic carbocycles. The number of nitrogens with two attached hydrogens (primary N) is 1. The molecule has 0 unspecified atom stereocenters. The molecule has 0 saturated heterocycles. The fraction of sp³-hybridized carbons (Fsp3) is 0.0833. The smallest absolute Gasteiger partial charge is 0.0991 e. The first-order valence-corrected chi connectivity index (χ1v) is 4.83. The Morgan fingerprint density at radius 1 is 1.38 bits per heavy atom. The largest absolute Gasteiger partial charge is 0.396 e. The Hall–Kier alpha value is -2.28. The Morgan fingerprint density at radius 3 is 2.56 bits per heavy atom. The predicted octanol–water partition coefficient (Wildman–Crippen LogP) is 1.57. The van der Waals surface area contributed by atoms with Crippen LogP contribution in [0.2, 0.25) is 0 Å². The van der Waals surface area contributed by atoms with E-state index in [0.717, 1.165) is 5.56 Å². The van der Waals surface area contributed by atoms with E-state index in [0.29, 0.717) is 23.5 Å². The number of benzene rings is 1. The molecule has 0 atom stereocenters. The second-order valence-corrected chi connectivity index (χ2v) is 3.51. The van der Waals surface area contributed by atoms with Gasteiger partial charge in [-0.1, -0.05) is 12.1 Å². The van der Waals surface area contributed by atoms with Crippen molar-refractivity contribution >= 4 is 5.69 Å². The highest BCUT2D eigenvalue weighted by atomic mass is 15.3. The van der Waals surface area contributed by atoms with Crippen molar-refractivity contribution in [2.24, 2.45) is 0 Å². The summed E-state index contributed by atoms with van der Waals surface area (Å²) in [6, 6.07) is 9.44. The maximum Gasteiger partial charge on any atom is 0.0991 e. The fourth-order valence-electron chi connectivity index (χ4n) is 1.42. The molecule has 0 aliphatic carbocycles. The minimum atomic E-state index is 0.591. The van der Waals surface area contributed by atoms with E-state index in [1.807, 2.05) is 12.1 Å². The average molecular weight is 211 g/mol. The maximum atomic E-state index is 8.67. The normalized spacial score (nSPS) is 10.0. The summed E-state index contributed by atoms with van der Waals surface area (Å²) in [6.45, 7) is 4.45. The third-order valence-corrected chi connectivity index (χ3v) is 2.40. The van der Waals surface area contributed by atoms with Crippen LogP contribution in [0.25, 0.3) is 0 Å². The van der Waals surface area contributed by atoms with Gasteiger partial charge in [-0.2, -0.15) is 10.4 Å². The van der Waals surface area contributed by atoms with Crippen molar-refractivity contribution in [1.82, 2.24) is 9.78 Å². The van der Waals surface area contributed by atoms with Crippen LogP contribution in [0.3, 0.4) is 0 Å². The van der Waals surface area contributed by atoms with E-state index in [2.05, 4.69) is 18.1 Å². The fourth-order valence-corrected chi connectivity index (χ4v) is 1.42. The molecule has 4 heteroatoms. The van der Waals surface area contributed by atoms with Gasteiger partial charge in [0.1, 0.15) is 0 Å². The Kier molecular flexibility index (Phi) is 2.61. The number of nitriles is 1. The minimum Gasteiger partial charge on any atom is -0.396 e. The van der Waals surface area contributed by atoms with Crippen LogP contribution < -0.4 is 5.73 Å². The highest BCUT2D eigenvalue weighted by molar-refractivity contribution is 5.43. The van der Waals surface area contributed by atoms with Gasteiger partial charge in [0.25, 0.3) is 0 Å². The molecule has 0 saturated carbocycles. The molecule has 79 valence electrons. The Labute approximate surface area is 93.9 Å². The molecule has 4 nitrogen and oxygen atoms in total. The Bertz CT molecular complexity index is 531. The summed E-state index contributed by atoms with van der Waals surface area (Å²) in [5.41, 5.74) is 8.67. The molecule has 0 amide bonds. The zero-order valence-electron chi connectivity index (χ0n) is 8.72. The van der Waals surface area contributed by atoms with E-state index >= 15 is 0 Å². The summed E-state index contributed by atoms with van der Waals surface area (Å²) in [5, 5.41) is 12.8. The lowest BCUT2D eigenvalue weighted by Crippen LogP contribution is -2.04. The van der Waals surface area contributed by atoms with Crippen LogP contribution in [0.5, 0.6) is 0 Å². The number of anilines is 1. The summed E-state index contributed by atoms with van der Waals surface area (Å²) < 4.78 is 1.73. The van der Waals surface area contributed by atoms with Gasteiger partial charge >= 0.3 is 0 Å². The lowest BCUT2D eigenvalue weighted by Gasteiger charge is -2.04. The van der Waals surface area contributed by atoms with Gasteiger partial charge in [-0.25, -0.2) is 0 Å². The van der Waals surface area contributed by atoms with Gasteiger partial charge in [0.05, 0.1) is 35.8 Å². The topological polar surface area (TPSA) is 67.6 Å². The van der Waals surface area contributed by atoms with Crippen LogP contribution in [0.15, 0.2) is 30.5 Å². The highest BCUT2D eigenvalue weighted by Crippen LogP contribution is 2.11. The molecule has 0 aliphatic rings. The molecule has 1 radical (unpaired) electrons. The van der Waals surface area contributed by atoms with Crippen LogP contribution in [0.4, 0.5) is 5.69 Å². The predicted molar refractivity (Wildman–Crippen MR) is 61.4 cm³/mol. The zero-order valence-corrected chi connectivity index (χ0v) is 8.72. The Morgan fingerprint density at radius 2 is 2.06 bits per heavy atom. The molecule has 2 aromatic rings. The average Bonchev–Trinajstić information content (AvgIpc) is 2.62. The molecule has 0 aliphatic heterocycles. The van der Waals surface area contributed by atoms with E-state index < -0.39 is 0 Å². The summed E-state index contributed by atoms with van der Waals surface area (Å²) in [7, 11) is 0. The lowest BCUT2D eigenvalue weighted by atomic mass is 10.1. The SMILES string of the molecule is [CH2]c1c(N)cnn1Cc1ccc(C#N)cc1. The number of hydrogen-bond donors (Lipinski definition) is 1.